The smallest absolute Gasteiger partial charge is 0.526 e. The first-order chi connectivity index (χ1) is 9.88. The Morgan fingerprint density at radius 3 is 1.24 bits per heavy atom. The van der Waals surface area contributed by atoms with Crippen LogP contribution in [0.1, 0.15) is 0 Å². The highest BCUT2D eigenvalue weighted by molar-refractivity contribution is 6.20. The maximum atomic E-state index is 13.2. The summed E-state index contributed by atoms with van der Waals surface area (Å²) in [4.78, 5) is 0. The van der Waals surface area contributed by atoms with Gasteiger partial charge in [-0.15, -0.1) is 0 Å². The van der Waals surface area contributed by atoms with Crippen LogP contribution in [-0.2, 0) is 0 Å². The first-order valence-electron chi connectivity index (χ1n) is 5.43. The van der Waals surface area contributed by atoms with Crippen molar-refractivity contribution in [2.45, 2.75) is 0 Å². The van der Waals surface area contributed by atoms with Crippen LogP contribution in [0.5, 0.6) is 11.5 Å². The molecule has 2 aromatic rings. The van der Waals surface area contributed by atoms with Crippen molar-refractivity contribution in [3.8, 4) is 11.5 Å². The highest BCUT2D eigenvalue weighted by Gasteiger charge is 2.14. The Kier molecular flexibility index (Phi) is 4.30. The van der Waals surface area contributed by atoms with Gasteiger partial charge < -0.3 is 9.31 Å². The minimum atomic E-state index is -1.41. The largest absolute Gasteiger partial charge is 0.576 e. The summed E-state index contributed by atoms with van der Waals surface area (Å²) in [6.45, 7) is 0. The molecule has 0 bridgehead atoms. The van der Waals surface area contributed by atoms with Gasteiger partial charge in [-0.3, -0.25) is 0 Å². The van der Waals surface area contributed by atoms with Crippen LogP contribution < -0.4 is 9.31 Å². The fourth-order valence-electron chi connectivity index (χ4n) is 1.39. The molecule has 0 aliphatic rings. The molecule has 0 spiro atoms. The second-order valence-electron chi connectivity index (χ2n) is 3.80. The SMILES string of the molecule is Fc1cc(F)c(OBOc2cc(F)c(F)cc2F)cc1F. The van der Waals surface area contributed by atoms with Crippen molar-refractivity contribution in [3.05, 3.63) is 59.2 Å². The summed E-state index contributed by atoms with van der Waals surface area (Å²) >= 11 is 0. The van der Waals surface area contributed by atoms with E-state index in [9.17, 15) is 26.3 Å². The Morgan fingerprint density at radius 2 is 0.857 bits per heavy atom. The molecule has 0 N–H and O–H groups in total. The van der Waals surface area contributed by atoms with Crippen LogP contribution in [0.3, 0.4) is 0 Å². The molecule has 2 aromatic carbocycles. The van der Waals surface area contributed by atoms with Crippen molar-refractivity contribution in [1.82, 2.24) is 0 Å². The summed E-state index contributed by atoms with van der Waals surface area (Å²) in [5, 5.41) is 0. The van der Waals surface area contributed by atoms with Gasteiger partial charge >= 0.3 is 7.69 Å². The Balaban J connectivity index is 2.05. The monoisotopic (exact) mass is 306 g/mol. The lowest BCUT2D eigenvalue weighted by molar-refractivity contribution is 0.405. The van der Waals surface area contributed by atoms with Crippen LogP contribution >= 0.6 is 0 Å². The third-order valence-corrected chi connectivity index (χ3v) is 2.38. The predicted octanol–water partition coefficient (Wildman–Crippen LogP) is 3.25. The topological polar surface area (TPSA) is 18.5 Å². The molecule has 0 amide bonds. The highest BCUT2D eigenvalue weighted by Crippen LogP contribution is 2.22. The molecule has 0 aromatic heterocycles. The standard InChI is InChI=1S/C12H5BF6O2/c14-5-1-9(18)11(3-7(5)16)20-13-21-12-4-8(17)6(15)2-10(12)19/h1-4,13H. The van der Waals surface area contributed by atoms with E-state index >= 15 is 0 Å². The van der Waals surface area contributed by atoms with Crippen LogP contribution in [-0.4, -0.2) is 7.69 Å². The van der Waals surface area contributed by atoms with Crippen molar-refractivity contribution in [2.24, 2.45) is 0 Å². The van der Waals surface area contributed by atoms with Gasteiger partial charge in [0.15, 0.2) is 34.9 Å². The molecule has 21 heavy (non-hydrogen) atoms. The Bertz CT molecular complexity index is 622. The molecule has 0 radical (unpaired) electrons. The van der Waals surface area contributed by atoms with Gasteiger partial charge in [0.2, 0.25) is 0 Å². The van der Waals surface area contributed by atoms with E-state index in [1.165, 1.54) is 0 Å². The van der Waals surface area contributed by atoms with Gasteiger partial charge in [0.1, 0.15) is 11.5 Å². The van der Waals surface area contributed by atoms with E-state index in [4.69, 9.17) is 0 Å². The van der Waals surface area contributed by atoms with Gasteiger partial charge in [-0.1, -0.05) is 0 Å². The van der Waals surface area contributed by atoms with Crippen LogP contribution in [0.2, 0.25) is 0 Å². The average molecular weight is 306 g/mol. The summed E-state index contributed by atoms with van der Waals surface area (Å²) < 4.78 is 86.6. The maximum absolute atomic E-state index is 13.2. The predicted molar refractivity (Wildman–Crippen MR) is 61.0 cm³/mol. The van der Waals surface area contributed by atoms with Crippen molar-refractivity contribution in [2.75, 3.05) is 0 Å². The molecule has 2 rings (SSSR count). The molecule has 0 aliphatic carbocycles. The molecule has 0 unspecified atom stereocenters. The first kappa shape index (κ1) is 15.1. The lowest BCUT2D eigenvalue weighted by Crippen LogP contribution is -2.13. The van der Waals surface area contributed by atoms with Crippen LogP contribution in [0.25, 0.3) is 0 Å². The molecule has 9 heteroatoms. The van der Waals surface area contributed by atoms with E-state index in [2.05, 4.69) is 9.31 Å². The lowest BCUT2D eigenvalue weighted by atomic mass is 10.2. The number of hydrogen-bond acceptors (Lipinski definition) is 2. The van der Waals surface area contributed by atoms with Gasteiger partial charge in [0, 0.05) is 24.3 Å². The van der Waals surface area contributed by atoms with E-state index in [1.807, 2.05) is 0 Å². The summed E-state index contributed by atoms with van der Waals surface area (Å²) in [5.41, 5.74) is 0. The molecule has 0 saturated heterocycles. The Morgan fingerprint density at radius 1 is 0.524 bits per heavy atom. The van der Waals surface area contributed by atoms with Gasteiger partial charge in [-0.05, 0) is 0 Å². The third kappa shape index (κ3) is 3.42. The van der Waals surface area contributed by atoms with Crippen molar-refractivity contribution < 1.29 is 35.7 Å². The lowest BCUT2D eigenvalue weighted by Gasteiger charge is -2.09. The first-order valence-corrected chi connectivity index (χ1v) is 5.43. The fourth-order valence-corrected chi connectivity index (χ4v) is 1.39. The minimum absolute atomic E-state index is 0.253. The van der Waals surface area contributed by atoms with Gasteiger partial charge in [0.05, 0.1) is 0 Å². The minimum Gasteiger partial charge on any atom is -0.526 e. The molecular weight excluding hydrogens is 301 g/mol. The van der Waals surface area contributed by atoms with Crippen molar-refractivity contribution in [3.63, 3.8) is 0 Å². The molecular formula is C12H5BF6O2. The zero-order valence-electron chi connectivity index (χ0n) is 10.1. The summed E-state index contributed by atoms with van der Waals surface area (Å²) in [5.74, 6) is -9.31. The molecule has 0 heterocycles. The summed E-state index contributed by atoms with van der Waals surface area (Å²) in [6.07, 6.45) is 0. The number of hydrogen-bond donors (Lipinski definition) is 0. The van der Waals surface area contributed by atoms with E-state index < -0.39 is 54.1 Å². The molecule has 2 nitrogen and oxygen atoms in total. The zero-order chi connectivity index (χ0) is 15.6. The number of rotatable bonds is 4. The maximum Gasteiger partial charge on any atom is 0.576 e. The second kappa shape index (κ2) is 5.98. The molecule has 0 aliphatic heterocycles. The van der Waals surface area contributed by atoms with E-state index in [0.29, 0.717) is 12.1 Å². The van der Waals surface area contributed by atoms with Gasteiger partial charge in [-0.2, -0.15) is 0 Å². The van der Waals surface area contributed by atoms with E-state index in [0.717, 1.165) is 0 Å². The third-order valence-electron chi connectivity index (χ3n) is 2.38. The zero-order valence-corrected chi connectivity index (χ0v) is 10.1. The summed E-state index contributed by atoms with van der Waals surface area (Å²) in [6, 6.07) is 1.36. The van der Waals surface area contributed by atoms with Crippen LogP contribution in [0.4, 0.5) is 26.3 Å². The molecule has 0 atom stereocenters. The molecule has 110 valence electrons. The molecule has 0 fully saturated rings. The van der Waals surface area contributed by atoms with Crippen molar-refractivity contribution >= 4 is 7.69 Å². The van der Waals surface area contributed by atoms with Gasteiger partial charge in [-0.25, -0.2) is 26.3 Å². The number of benzene rings is 2. The van der Waals surface area contributed by atoms with Crippen LogP contribution in [0.15, 0.2) is 24.3 Å². The Labute approximate surface area is 115 Å². The quantitative estimate of drug-likeness (QED) is 0.490. The van der Waals surface area contributed by atoms with E-state index in [-0.39, 0.29) is 12.1 Å². The molecule has 0 saturated carbocycles. The van der Waals surface area contributed by atoms with Crippen LogP contribution in [0, 0.1) is 34.9 Å². The van der Waals surface area contributed by atoms with E-state index in [1.54, 1.807) is 0 Å². The second-order valence-corrected chi connectivity index (χ2v) is 3.80. The number of halogens is 6. The normalized spacial score (nSPS) is 10.4. The average Bonchev–Trinajstić information content (AvgIpc) is 2.41. The Hall–Kier alpha value is -2.32. The fraction of sp³-hybridized carbons (Fsp3) is 0. The summed E-state index contributed by atoms with van der Waals surface area (Å²) in [7, 11) is -0.829. The van der Waals surface area contributed by atoms with Crippen molar-refractivity contribution in [1.29, 1.82) is 0 Å². The highest BCUT2D eigenvalue weighted by atomic mass is 19.2. The van der Waals surface area contributed by atoms with Gasteiger partial charge in [0.25, 0.3) is 0 Å².